The van der Waals surface area contributed by atoms with Crippen LogP contribution in [0.4, 0.5) is 5.69 Å². The van der Waals surface area contributed by atoms with Crippen LogP contribution in [0.25, 0.3) is 0 Å². The topological polar surface area (TPSA) is 55.1 Å². The van der Waals surface area contributed by atoms with E-state index in [2.05, 4.69) is 5.32 Å². The summed E-state index contributed by atoms with van der Waals surface area (Å²) in [5, 5.41) is 2.79. The monoisotopic (exact) mass is 164 g/mol. The molecule has 0 unspecified atom stereocenters. The number of anilines is 1. The molecular weight excluding hydrogens is 152 g/mol. The van der Waals surface area contributed by atoms with Crippen molar-refractivity contribution in [3.05, 3.63) is 29.8 Å². The summed E-state index contributed by atoms with van der Waals surface area (Å²) < 4.78 is 0. The predicted molar refractivity (Wildman–Crippen MR) is 49.1 cm³/mol. The standard InChI is InChI=1S/C9H12N2O/c1-11-6-9(12)7-4-2-3-5-8(7)10/h2-5,11H,6,10H2,1H3. The van der Waals surface area contributed by atoms with Gasteiger partial charge < -0.3 is 11.1 Å². The lowest BCUT2D eigenvalue weighted by Crippen LogP contribution is -2.19. The Hall–Kier alpha value is -1.35. The van der Waals surface area contributed by atoms with E-state index in [0.29, 0.717) is 17.8 Å². The molecule has 0 radical (unpaired) electrons. The molecule has 0 aliphatic rings. The van der Waals surface area contributed by atoms with E-state index in [0.717, 1.165) is 0 Å². The van der Waals surface area contributed by atoms with Gasteiger partial charge in [0.05, 0.1) is 6.54 Å². The molecule has 64 valence electrons. The van der Waals surface area contributed by atoms with Crippen molar-refractivity contribution >= 4 is 11.5 Å². The molecule has 3 N–H and O–H groups in total. The first kappa shape index (κ1) is 8.74. The minimum absolute atomic E-state index is 0.0237. The van der Waals surface area contributed by atoms with Gasteiger partial charge in [0.15, 0.2) is 5.78 Å². The van der Waals surface area contributed by atoms with Crippen molar-refractivity contribution in [1.82, 2.24) is 5.32 Å². The number of rotatable bonds is 3. The van der Waals surface area contributed by atoms with Gasteiger partial charge in [-0.25, -0.2) is 0 Å². The van der Waals surface area contributed by atoms with Crippen LogP contribution < -0.4 is 11.1 Å². The smallest absolute Gasteiger partial charge is 0.178 e. The first-order chi connectivity index (χ1) is 5.75. The Kier molecular flexibility index (Phi) is 2.82. The number of hydrogen-bond acceptors (Lipinski definition) is 3. The summed E-state index contributed by atoms with van der Waals surface area (Å²) in [6.45, 7) is 0.328. The molecule has 1 aromatic carbocycles. The van der Waals surface area contributed by atoms with Crippen LogP contribution in [0.15, 0.2) is 24.3 Å². The lowest BCUT2D eigenvalue weighted by molar-refractivity contribution is 0.0994. The van der Waals surface area contributed by atoms with Crippen LogP contribution in [0, 0.1) is 0 Å². The summed E-state index contributed by atoms with van der Waals surface area (Å²) in [5.74, 6) is 0.0237. The Balaban J connectivity index is 2.87. The van der Waals surface area contributed by atoms with E-state index in [9.17, 15) is 4.79 Å². The molecule has 0 saturated carbocycles. The second kappa shape index (κ2) is 3.88. The number of likely N-dealkylation sites (N-methyl/N-ethyl adjacent to an activating group) is 1. The largest absolute Gasteiger partial charge is 0.398 e. The molecule has 0 spiro atoms. The number of carbonyl (C=O) groups is 1. The molecule has 0 aliphatic heterocycles. The van der Waals surface area contributed by atoms with E-state index in [1.807, 2.05) is 6.07 Å². The number of benzene rings is 1. The van der Waals surface area contributed by atoms with Gasteiger partial charge in [0.1, 0.15) is 0 Å². The molecule has 12 heavy (non-hydrogen) atoms. The molecule has 0 fully saturated rings. The second-order valence-corrected chi connectivity index (χ2v) is 2.54. The molecular formula is C9H12N2O. The van der Waals surface area contributed by atoms with Crippen LogP contribution in [-0.4, -0.2) is 19.4 Å². The summed E-state index contributed by atoms with van der Waals surface area (Å²) >= 11 is 0. The van der Waals surface area contributed by atoms with Gasteiger partial charge in [0.25, 0.3) is 0 Å². The number of nitrogens with two attached hydrogens (primary N) is 1. The van der Waals surface area contributed by atoms with Gasteiger partial charge in [-0.3, -0.25) is 4.79 Å². The summed E-state index contributed by atoms with van der Waals surface area (Å²) in [6, 6.07) is 7.07. The Morgan fingerprint density at radius 2 is 2.17 bits per heavy atom. The number of ketones is 1. The second-order valence-electron chi connectivity index (χ2n) is 2.54. The lowest BCUT2D eigenvalue weighted by atomic mass is 10.1. The van der Waals surface area contributed by atoms with Gasteiger partial charge in [0, 0.05) is 11.3 Å². The van der Waals surface area contributed by atoms with Crippen LogP contribution in [-0.2, 0) is 0 Å². The van der Waals surface area contributed by atoms with E-state index in [4.69, 9.17) is 5.73 Å². The van der Waals surface area contributed by atoms with E-state index in [-0.39, 0.29) is 5.78 Å². The van der Waals surface area contributed by atoms with Crippen LogP contribution in [0.5, 0.6) is 0 Å². The van der Waals surface area contributed by atoms with Crippen molar-refractivity contribution < 1.29 is 4.79 Å². The van der Waals surface area contributed by atoms with Crippen molar-refractivity contribution in [2.45, 2.75) is 0 Å². The number of nitrogen functional groups attached to an aromatic ring is 1. The molecule has 0 heterocycles. The highest BCUT2D eigenvalue weighted by atomic mass is 16.1. The molecule has 0 aromatic heterocycles. The third-order valence-corrected chi connectivity index (χ3v) is 1.60. The van der Waals surface area contributed by atoms with E-state index >= 15 is 0 Å². The Morgan fingerprint density at radius 1 is 1.50 bits per heavy atom. The maximum atomic E-state index is 11.3. The normalized spacial score (nSPS) is 9.75. The molecule has 0 amide bonds. The summed E-state index contributed by atoms with van der Waals surface area (Å²) in [6.07, 6.45) is 0. The number of nitrogens with one attached hydrogen (secondary N) is 1. The summed E-state index contributed by atoms with van der Waals surface area (Å²) in [7, 11) is 1.73. The first-order valence-electron chi connectivity index (χ1n) is 3.78. The van der Waals surface area contributed by atoms with E-state index < -0.39 is 0 Å². The van der Waals surface area contributed by atoms with E-state index in [1.54, 1.807) is 25.2 Å². The van der Waals surface area contributed by atoms with Crippen LogP contribution in [0.2, 0.25) is 0 Å². The van der Waals surface area contributed by atoms with Gasteiger partial charge in [-0.1, -0.05) is 12.1 Å². The molecule has 0 atom stereocenters. The van der Waals surface area contributed by atoms with Crippen molar-refractivity contribution in [3.63, 3.8) is 0 Å². The fourth-order valence-corrected chi connectivity index (χ4v) is 1.01. The molecule has 0 bridgehead atoms. The summed E-state index contributed by atoms with van der Waals surface area (Å²) in [4.78, 5) is 11.3. The minimum Gasteiger partial charge on any atom is -0.398 e. The summed E-state index contributed by atoms with van der Waals surface area (Å²) in [5.41, 5.74) is 6.73. The van der Waals surface area contributed by atoms with Crippen molar-refractivity contribution in [1.29, 1.82) is 0 Å². The van der Waals surface area contributed by atoms with Crippen LogP contribution in [0.3, 0.4) is 0 Å². The maximum Gasteiger partial charge on any atom is 0.178 e. The molecule has 3 heteroatoms. The molecule has 3 nitrogen and oxygen atoms in total. The minimum atomic E-state index is 0.0237. The van der Waals surface area contributed by atoms with Crippen molar-refractivity contribution in [2.24, 2.45) is 0 Å². The van der Waals surface area contributed by atoms with Gasteiger partial charge in [0.2, 0.25) is 0 Å². The third kappa shape index (κ3) is 1.83. The fourth-order valence-electron chi connectivity index (χ4n) is 1.01. The SMILES string of the molecule is CNCC(=O)c1ccccc1N. The molecule has 1 aromatic rings. The first-order valence-corrected chi connectivity index (χ1v) is 3.78. The van der Waals surface area contributed by atoms with Gasteiger partial charge in [-0.05, 0) is 19.2 Å². The maximum absolute atomic E-state index is 11.3. The van der Waals surface area contributed by atoms with Crippen LogP contribution in [0.1, 0.15) is 10.4 Å². The number of hydrogen-bond donors (Lipinski definition) is 2. The Bertz CT molecular complexity index is 284. The van der Waals surface area contributed by atoms with Gasteiger partial charge in [-0.15, -0.1) is 0 Å². The molecule has 0 aliphatic carbocycles. The Morgan fingerprint density at radius 3 is 2.75 bits per heavy atom. The zero-order valence-corrected chi connectivity index (χ0v) is 7.00. The molecule has 1 rings (SSSR count). The average molecular weight is 164 g/mol. The highest BCUT2D eigenvalue weighted by Crippen LogP contribution is 2.10. The predicted octanol–water partition coefficient (Wildman–Crippen LogP) is 0.671. The zero-order chi connectivity index (χ0) is 8.97. The fraction of sp³-hybridized carbons (Fsp3) is 0.222. The number of Topliss-reactive ketones (excluding diaryl/α,β-unsaturated/α-hetero) is 1. The number of carbonyl (C=O) groups excluding carboxylic acids is 1. The quantitative estimate of drug-likeness (QED) is 0.510. The third-order valence-electron chi connectivity index (χ3n) is 1.60. The Labute approximate surface area is 71.6 Å². The van der Waals surface area contributed by atoms with Crippen molar-refractivity contribution in [3.8, 4) is 0 Å². The van der Waals surface area contributed by atoms with Crippen molar-refractivity contribution in [2.75, 3.05) is 19.3 Å². The molecule has 0 saturated heterocycles. The average Bonchev–Trinajstić information content (AvgIpc) is 2.05. The van der Waals surface area contributed by atoms with E-state index in [1.165, 1.54) is 0 Å². The highest BCUT2D eigenvalue weighted by molar-refractivity contribution is 6.01. The van der Waals surface area contributed by atoms with Gasteiger partial charge >= 0.3 is 0 Å². The number of para-hydroxylation sites is 1. The van der Waals surface area contributed by atoms with Crippen LogP contribution >= 0.6 is 0 Å². The highest BCUT2D eigenvalue weighted by Gasteiger charge is 2.06. The zero-order valence-electron chi connectivity index (χ0n) is 7.00. The lowest BCUT2D eigenvalue weighted by Gasteiger charge is -2.02. The van der Waals surface area contributed by atoms with Gasteiger partial charge in [-0.2, -0.15) is 0 Å².